The predicted octanol–water partition coefficient (Wildman–Crippen LogP) is 0.628. The van der Waals surface area contributed by atoms with Crippen LogP contribution >= 0.6 is 0 Å². The lowest BCUT2D eigenvalue weighted by molar-refractivity contribution is -0.141. The second-order valence-corrected chi connectivity index (χ2v) is 4.30. The minimum atomic E-state index is -0.460. The van der Waals surface area contributed by atoms with Crippen LogP contribution in [0.1, 0.15) is 26.7 Å². The standard InChI is InChI=1S/C12H18N4O4/c1-5-20-11(18)6-8(2)13-14-9-7-10(17)16(4)12(19)15(9)3/h5-7H2,1-4H3/b13-8-,14-9-. The highest BCUT2D eigenvalue weighted by Crippen LogP contribution is 2.09. The Balaban J connectivity index is 2.76. The highest BCUT2D eigenvalue weighted by Gasteiger charge is 2.31. The molecule has 0 atom stereocenters. The molecule has 20 heavy (non-hydrogen) atoms. The van der Waals surface area contributed by atoms with Gasteiger partial charge in [0.2, 0.25) is 5.91 Å². The Morgan fingerprint density at radius 3 is 2.55 bits per heavy atom. The SMILES string of the molecule is CCOC(=O)C/C(C)=N\N=C1\CC(=O)N(C)C(=O)N1C. The van der Waals surface area contributed by atoms with Crippen LogP contribution in [-0.4, -0.2) is 60.0 Å². The summed E-state index contributed by atoms with van der Waals surface area (Å²) in [5, 5.41) is 7.72. The van der Waals surface area contributed by atoms with Gasteiger partial charge in [-0.1, -0.05) is 0 Å². The summed E-state index contributed by atoms with van der Waals surface area (Å²) >= 11 is 0. The Labute approximate surface area is 117 Å². The van der Waals surface area contributed by atoms with Crippen LogP contribution in [0.4, 0.5) is 4.79 Å². The van der Waals surface area contributed by atoms with Gasteiger partial charge >= 0.3 is 12.0 Å². The molecule has 1 saturated heterocycles. The molecule has 8 nitrogen and oxygen atoms in total. The van der Waals surface area contributed by atoms with Crippen LogP contribution in [0.2, 0.25) is 0 Å². The number of ether oxygens (including phenoxy) is 1. The van der Waals surface area contributed by atoms with Crippen molar-refractivity contribution in [1.82, 2.24) is 9.80 Å². The van der Waals surface area contributed by atoms with Crippen LogP contribution in [0.3, 0.4) is 0 Å². The Hall–Kier alpha value is -2.25. The van der Waals surface area contributed by atoms with Gasteiger partial charge in [-0.25, -0.2) is 4.79 Å². The summed E-state index contributed by atoms with van der Waals surface area (Å²) in [5.74, 6) is -0.482. The molecule has 1 aliphatic rings. The van der Waals surface area contributed by atoms with E-state index in [2.05, 4.69) is 10.2 Å². The molecule has 0 aromatic rings. The zero-order valence-corrected chi connectivity index (χ0v) is 12.0. The van der Waals surface area contributed by atoms with Crippen molar-refractivity contribution in [2.75, 3.05) is 20.7 Å². The summed E-state index contributed by atoms with van der Waals surface area (Å²) in [5.41, 5.74) is 0.447. The molecule has 8 heteroatoms. The van der Waals surface area contributed by atoms with Crippen LogP contribution < -0.4 is 0 Å². The maximum atomic E-state index is 11.7. The van der Waals surface area contributed by atoms with Crippen molar-refractivity contribution in [3.63, 3.8) is 0 Å². The maximum absolute atomic E-state index is 11.7. The first-order valence-electron chi connectivity index (χ1n) is 6.16. The number of esters is 1. The summed E-state index contributed by atoms with van der Waals surface area (Å²) in [6, 6.07) is -0.460. The first-order valence-corrected chi connectivity index (χ1v) is 6.16. The van der Waals surface area contributed by atoms with E-state index in [1.807, 2.05) is 0 Å². The van der Waals surface area contributed by atoms with Gasteiger partial charge in [0.1, 0.15) is 5.84 Å². The normalized spacial score (nSPS) is 18.8. The average Bonchev–Trinajstić information content (AvgIpc) is 2.39. The van der Waals surface area contributed by atoms with E-state index in [0.29, 0.717) is 12.3 Å². The first kappa shape index (κ1) is 15.8. The minimum absolute atomic E-state index is 0.00503. The molecule has 0 aromatic carbocycles. The molecule has 1 heterocycles. The van der Waals surface area contributed by atoms with Gasteiger partial charge in [-0.05, 0) is 13.8 Å². The molecule has 0 aliphatic carbocycles. The lowest BCUT2D eigenvalue weighted by atomic mass is 10.3. The van der Waals surface area contributed by atoms with Crippen molar-refractivity contribution in [2.45, 2.75) is 26.7 Å². The quantitative estimate of drug-likeness (QED) is 0.429. The highest BCUT2D eigenvalue weighted by atomic mass is 16.5. The maximum Gasteiger partial charge on any atom is 0.331 e. The fourth-order valence-corrected chi connectivity index (χ4v) is 1.52. The fourth-order valence-electron chi connectivity index (χ4n) is 1.52. The number of nitrogens with zero attached hydrogens (tertiary/aromatic N) is 4. The summed E-state index contributed by atoms with van der Waals surface area (Å²) in [4.78, 5) is 36.7. The lowest BCUT2D eigenvalue weighted by Crippen LogP contribution is -2.51. The van der Waals surface area contributed by atoms with E-state index in [-0.39, 0.29) is 24.6 Å². The van der Waals surface area contributed by atoms with E-state index in [9.17, 15) is 14.4 Å². The largest absolute Gasteiger partial charge is 0.466 e. The number of amides is 3. The molecule has 110 valence electrons. The molecule has 0 aromatic heterocycles. The third-order valence-electron chi connectivity index (χ3n) is 2.69. The molecule has 1 rings (SSSR count). The number of hydrogen-bond acceptors (Lipinski definition) is 6. The van der Waals surface area contributed by atoms with E-state index in [1.165, 1.54) is 19.0 Å². The molecule has 0 unspecified atom stereocenters. The van der Waals surface area contributed by atoms with Gasteiger partial charge in [-0.3, -0.25) is 19.4 Å². The molecule has 0 bridgehead atoms. The fraction of sp³-hybridized carbons (Fsp3) is 0.583. The van der Waals surface area contributed by atoms with Crippen LogP contribution in [0.15, 0.2) is 10.2 Å². The third-order valence-corrected chi connectivity index (χ3v) is 2.69. The summed E-state index contributed by atoms with van der Waals surface area (Å²) in [7, 11) is 2.92. The monoisotopic (exact) mass is 282 g/mol. The zero-order valence-electron chi connectivity index (χ0n) is 12.0. The van der Waals surface area contributed by atoms with Gasteiger partial charge in [0.15, 0.2) is 0 Å². The van der Waals surface area contributed by atoms with Crippen molar-refractivity contribution in [3.05, 3.63) is 0 Å². The van der Waals surface area contributed by atoms with Crippen molar-refractivity contribution in [3.8, 4) is 0 Å². The van der Waals surface area contributed by atoms with E-state index in [0.717, 1.165) is 4.90 Å². The van der Waals surface area contributed by atoms with Crippen molar-refractivity contribution < 1.29 is 19.1 Å². The van der Waals surface area contributed by atoms with Gasteiger partial charge < -0.3 is 4.74 Å². The van der Waals surface area contributed by atoms with Crippen molar-refractivity contribution in [2.24, 2.45) is 10.2 Å². The van der Waals surface area contributed by atoms with E-state index in [1.54, 1.807) is 13.8 Å². The van der Waals surface area contributed by atoms with Crippen LogP contribution in [0.5, 0.6) is 0 Å². The zero-order chi connectivity index (χ0) is 15.3. The molecule has 1 aliphatic heterocycles. The number of hydrogen-bond donors (Lipinski definition) is 0. The smallest absolute Gasteiger partial charge is 0.331 e. The topological polar surface area (TPSA) is 91.6 Å². The molecule has 0 radical (unpaired) electrons. The number of carbonyl (C=O) groups is 3. The van der Waals surface area contributed by atoms with Crippen molar-refractivity contribution >= 4 is 29.5 Å². The Morgan fingerprint density at radius 1 is 1.30 bits per heavy atom. The molecule has 0 spiro atoms. The summed E-state index contributed by atoms with van der Waals surface area (Å²) in [6.45, 7) is 3.65. The number of carbonyl (C=O) groups excluding carboxylic acids is 3. The number of amidine groups is 1. The summed E-state index contributed by atoms with van der Waals surface area (Å²) in [6.07, 6.45) is 0.0189. The number of imide groups is 1. The Bertz CT molecular complexity index is 484. The van der Waals surface area contributed by atoms with Crippen LogP contribution in [0.25, 0.3) is 0 Å². The van der Waals surface area contributed by atoms with Gasteiger partial charge in [0, 0.05) is 19.8 Å². The van der Waals surface area contributed by atoms with E-state index >= 15 is 0 Å². The average molecular weight is 282 g/mol. The van der Waals surface area contributed by atoms with Gasteiger partial charge in [-0.2, -0.15) is 5.10 Å². The first-order chi connectivity index (χ1) is 9.36. The van der Waals surface area contributed by atoms with Crippen LogP contribution in [-0.2, 0) is 14.3 Å². The second kappa shape index (κ2) is 6.78. The predicted molar refractivity (Wildman–Crippen MR) is 72.3 cm³/mol. The molecule has 0 N–H and O–H groups in total. The molecular formula is C12H18N4O4. The lowest BCUT2D eigenvalue weighted by Gasteiger charge is -2.29. The minimum Gasteiger partial charge on any atom is -0.466 e. The van der Waals surface area contributed by atoms with Gasteiger partial charge in [0.05, 0.1) is 19.4 Å². The molecular weight excluding hydrogens is 264 g/mol. The van der Waals surface area contributed by atoms with E-state index in [4.69, 9.17) is 4.74 Å². The second-order valence-electron chi connectivity index (χ2n) is 4.30. The van der Waals surface area contributed by atoms with Gasteiger partial charge in [-0.15, -0.1) is 5.10 Å². The summed E-state index contributed by atoms with van der Waals surface area (Å²) < 4.78 is 4.78. The van der Waals surface area contributed by atoms with Crippen molar-refractivity contribution in [1.29, 1.82) is 0 Å². The van der Waals surface area contributed by atoms with E-state index < -0.39 is 12.0 Å². The van der Waals surface area contributed by atoms with Gasteiger partial charge in [0.25, 0.3) is 0 Å². The molecule has 3 amide bonds. The molecule has 1 fully saturated rings. The number of urea groups is 1. The third kappa shape index (κ3) is 3.87. The Morgan fingerprint density at radius 2 is 1.95 bits per heavy atom. The van der Waals surface area contributed by atoms with Crippen LogP contribution in [0, 0.1) is 0 Å². The molecule has 0 saturated carbocycles. The number of rotatable bonds is 4. The highest BCUT2D eigenvalue weighted by molar-refractivity contribution is 6.15. The Kier molecular flexibility index (Phi) is 5.36.